The maximum atomic E-state index is 5.43. The summed E-state index contributed by atoms with van der Waals surface area (Å²) < 4.78 is 23.0. The highest BCUT2D eigenvalue weighted by Crippen LogP contribution is 2.30. The Morgan fingerprint density at radius 1 is 0.786 bits per heavy atom. The summed E-state index contributed by atoms with van der Waals surface area (Å²) in [5.74, 6) is 2.62. The minimum atomic E-state index is 0.550. The number of benzene rings is 2. The molecule has 0 unspecified atom stereocenters. The molecule has 0 aliphatic heterocycles. The molecular formula is C20H22N4O4. The Balaban J connectivity index is 2.02. The second kappa shape index (κ2) is 8.90. The van der Waals surface area contributed by atoms with E-state index in [-0.39, 0.29) is 0 Å². The van der Waals surface area contributed by atoms with Gasteiger partial charge in [-0.25, -0.2) is 4.68 Å². The van der Waals surface area contributed by atoms with Gasteiger partial charge in [0.25, 0.3) is 0 Å². The van der Waals surface area contributed by atoms with Gasteiger partial charge < -0.3 is 18.9 Å². The van der Waals surface area contributed by atoms with Crippen LogP contribution in [0.2, 0.25) is 0 Å². The predicted molar refractivity (Wildman–Crippen MR) is 105 cm³/mol. The van der Waals surface area contributed by atoms with Gasteiger partial charge in [-0.15, -0.1) is 10.2 Å². The van der Waals surface area contributed by atoms with E-state index in [1.165, 1.54) is 12.7 Å². The van der Waals surface area contributed by atoms with Gasteiger partial charge in [0, 0.05) is 12.0 Å². The molecular weight excluding hydrogens is 360 g/mol. The lowest BCUT2D eigenvalue weighted by atomic mass is 10.0. The number of hydrogen-bond acceptors (Lipinski definition) is 7. The van der Waals surface area contributed by atoms with Crippen molar-refractivity contribution in [3.8, 4) is 23.0 Å². The molecule has 146 valence electrons. The molecule has 0 bridgehead atoms. The molecule has 3 aromatic rings. The van der Waals surface area contributed by atoms with Gasteiger partial charge in [-0.05, 0) is 35.9 Å². The molecule has 1 aromatic heterocycles. The molecule has 0 N–H and O–H groups in total. The fraction of sp³-hybridized carbons (Fsp3) is 0.250. The Labute approximate surface area is 163 Å². The molecule has 0 saturated carbocycles. The third-order valence-corrected chi connectivity index (χ3v) is 4.18. The minimum Gasteiger partial charge on any atom is -0.493 e. The first kappa shape index (κ1) is 19.2. The molecule has 8 heteroatoms. The van der Waals surface area contributed by atoms with Crippen molar-refractivity contribution in [1.82, 2.24) is 14.9 Å². The summed E-state index contributed by atoms with van der Waals surface area (Å²) >= 11 is 0. The largest absolute Gasteiger partial charge is 0.493 e. The van der Waals surface area contributed by atoms with E-state index in [1.54, 1.807) is 33.1 Å². The van der Waals surface area contributed by atoms with Crippen LogP contribution in [0.15, 0.2) is 54.2 Å². The zero-order valence-corrected chi connectivity index (χ0v) is 16.2. The third kappa shape index (κ3) is 4.22. The molecule has 0 fully saturated rings. The van der Waals surface area contributed by atoms with Gasteiger partial charge in [-0.3, -0.25) is 0 Å². The molecule has 28 heavy (non-hydrogen) atoms. The van der Waals surface area contributed by atoms with Crippen LogP contribution in [0.5, 0.6) is 23.0 Å². The second-order valence-corrected chi connectivity index (χ2v) is 5.82. The molecule has 3 rings (SSSR count). The fourth-order valence-corrected chi connectivity index (χ4v) is 2.78. The lowest BCUT2D eigenvalue weighted by Gasteiger charge is -2.13. The normalized spacial score (nSPS) is 11.2. The van der Waals surface area contributed by atoms with Crippen LogP contribution in [0.25, 0.3) is 0 Å². The topological polar surface area (TPSA) is 80.0 Å². The fourth-order valence-electron chi connectivity index (χ4n) is 2.78. The van der Waals surface area contributed by atoms with Crippen LogP contribution in [0, 0.1) is 0 Å². The van der Waals surface area contributed by atoms with E-state index < -0.39 is 0 Å². The first-order valence-corrected chi connectivity index (χ1v) is 8.54. The van der Waals surface area contributed by atoms with Crippen LogP contribution < -0.4 is 18.9 Å². The summed E-state index contributed by atoms with van der Waals surface area (Å²) in [5, 5.41) is 12.3. The highest BCUT2D eigenvalue weighted by molar-refractivity contribution is 6.02. The molecule has 0 aliphatic rings. The first-order valence-electron chi connectivity index (χ1n) is 8.54. The van der Waals surface area contributed by atoms with E-state index in [4.69, 9.17) is 18.9 Å². The number of rotatable bonds is 8. The summed E-state index contributed by atoms with van der Waals surface area (Å²) in [6.07, 6.45) is 3.62. The van der Waals surface area contributed by atoms with Crippen molar-refractivity contribution in [3.63, 3.8) is 0 Å². The van der Waals surface area contributed by atoms with Crippen LogP contribution in [-0.2, 0) is 6.42 Å². The Kier molecular flexibility index (Phi) is 6.11. The Morgan fingerprint density at radius 3 is 1.96 bits per heavy atom. The highest BCUT2D eigenvalue weighted by atomic mass is 16.5. The van der Waals surface area contributed by atoms with E-state index in [2.05, 4.69) is 15.3 Å². The van der Waals surface area contributed by atoms with Crippen molar-refractivity contribution < 1.29 is 18.9 Å². The zero-order chi connectivity index (χ0) is 19.9. The van der Waals surface area contributed by atoms with Crippen molar-refractivity contribution in [2.75, 3.05) is 28.4 Å². The quantitative estimate of drug-likeness (QED) is 0.558. The summed E-state index contributed by atoms with van der Waals surface area (Å²) in [6.45, 7) is 0. The van der Waals surface area contributed by atoms with Crippen LogP contribution in [0.3, 0.4) is 0 Å². The predicted octanol–water partition coefficient (Wildman–Crippen LogP) is 2.81. The van der Waals surface area contributed by atoms with Crippen LogP contribution in [-0.4, -0.2) is 49.0 Å². The smallest absolute Gasteiger partial charge is 0.161 e. The molecule has 0 atom stereocenters. The molecule has 2 aromatic carbocycles. The second-order valence-electron chi connectivity index (χ2n) is 5.82. The molecule has 1 heterocycles. The van der Waals surface area contributed by atoms with Gasteiger partial charge in [0.2, 0.25) is 0 Å². The van der Waals surface area contributed by atoms with Gasteiger partial charge in [0.15, 0.2) is 23.0 Å². The summed E-state index contributed by atoms with van der Waals surface area (Å²) in [7, 11) is 6.43. The maximum Gasteiger partial charge on any atom is 0.161 e. The average molecular weight is 382 g/mol. The molecule has 0 spiro atoms. The molecule has 0 aliphatic carbocycles. The van der Waals surface area contributed by atoms with Gasteiger partial charge in [-0.1, -0.05) is 6.07 Å². The Bertz CT molecular complexity index is 955. The maximum absolute atomic E-state index is 5.43. The number of hydrogen-bond donors (Lipinski definition) is 0. The van der Waals surface area contributed by atoms with E-state index in [9.17, 15) is 0 Å². The number of nitrogens with zero attached hydrogens (tertiary/aromatic N) is 4. The minimum absolute atomic E-state index is 0.550. The van der Waals surface area contributed by atoms with Gasteiger partial charge in [0.05, 0.1) is 34.2 Å². The SMILES string of the molecule is COc1ccc(CC(=Nn2cnnc2)c2ccc(OC)c(OC)c2)cc1OC. The van der Waals surface area contributed by atoms with Crippen LogP contribution in [0.4, 0.5) is 0 Å². The highest BCUT2D eigenvalue weighted by Gasteiger charge is 2.13. The summed E-state index contributed by atoms with van der Waals surface area (Å²) in [5.41, 5.74) is 2.70. The zero-order valence-electron chi connectivity index (χ0n) is 16.2. The third-order valence-electron chi connectivity index (χ3n) is 4.18. The first-order chi connectivity index (χ1) is 13.7. The van der Waals surface area contributed by atoms with Crippen molar-refractivity contribution in [2.24, 2.45) is 5.10 Å². The van der Waals surface area contributed by atoms with Crippen molar-refractivity contribution in [1.29, 1.82) is 0 Å². The molecule has 0 amide bonds. The molecule has 0 saturated heterocycles. The average Bonchev–Trinajstić information content (AvgIpc) is 3.25. The standard InChI is InChI=1S/C20H22N4O4/c1-25-17-7-5-14(10-19(17)27-3)9-16(23-24-12-21-22-13-24)15-6-8-18(26-2)20(11-15)28-4/h5-8,10-13H,9H2,1-4H3. The van der Waals surface area contributed by atoms with Gasteiger partial charge in [-0.2, -0.15) is 5.10 Å². The van der Waals surface area contributed by atoms with E-state index in [0.717, 1.165) is 16.8 Å². The van der Waals surface area contributed by atoms with E-state index >= 15 is 0 Å². The number of methoxy groups -OCH3 is 4. The summed E-state index contributed by atoms with van der Waals surface area (Å²) in [4.78, 5) is 0. The van der Waals surface area contributed by atoms with Gasteiger partial charge in [0.1, 0.15) is 12.7 Å². The lowest BCUT2D eigenvalue weighted by molar-refractivity contribution is 0.354. The lowest BCUT2D eigenvalue weighted by Crippen LogP contribution is -2.09. The van der Waals surface area contributed by atoms with Crippen molar-refractivity contribution in [3.05, 3.63) is 60.2 Å². The van der Waals surface area contributed by atoms with Crippen LogP contribution >= 0.6 is 0 Å². The van der Waals surface area contributed by atoms with Crippen molar-refractivity contribution >= 4 is 5.71 Å². The Morgan fingerprint density at radius 2 is 1.36 bits per heavy atom. The van der Waals surface area contributed by atoms with Gasteiger partial charge >= 0.3 is 0 Å². The summed E-state index contributed by atoms with van der Waals surface area (Å²) in [6, 6.07) is 11.5. The molecule has 8 nitrogen and oxygen atoms in total. The number of ether oxygens (including phenoxy) is 4. The number of aromatic nitrogens is 3. The monoisotopic (exact) mass is 382 g/mol. The molecule has 0 radical (unpaired) electrons. The Hall–Kier alpha value is -3.55. The van der Waals surface area contributed by atoms with E-state index in [1.807, 2.05) is 36.4 Å². The van der Waals surface area contributed by atoms with Crippen molar-refractivity contribution in [2.45, 2.75) is 6.42 Å². The van der Waals surface area contributed by atoms with Crippen LogP contribution in [0.1, 0.15) is 11.1 Å². The van der Waals surface area contributed by atoms with E-state index in [0.29, 0.717) is 29.4 Å².